The maximum absolute atomic E-state index is 13.9. The summed E-state index contributed by atoms with van der Waals surface area (Å²) < 4.78 is 96.8. The van der Waals surface area contributed by atoms with E-state index in [4.69, 9.17) is 4.74 Å². The van der Waals surface area contributed by atoms with Crippen LogP contribution in [0, 0.1) is 0 Å². The topological polar surface area (TPSA) is 42.4 Å². The van der Waals surface area contributed by atoms with E-state index >= 15 is 0 Å². The van der Waals surface area contributed by atoms with Crippen LogP contribution in [0.1, 0.15) is 41.8 Å². The lowest BCUT2D eigenvalue weighted by Crippen LogP contribution is -2.43. The number of hydrogen-bond donors (Lipinski definition) is 1. The summed E-state index contributed by atoms with van der Waals surface area (Å²) in [5, 5.41) is 9.56. The van der Waals surface area contributed by atoms with E-state index in [0.717, 1.165) is 0 Å². The fourth-order valence-electron chi connectivity index (χ4n) is 2.75. The minimum absolute atomic E-state index is 0.277. The quantitative estimate of drug-likeness (QED) is 0.832. The van der Waals surface area contributed by atoms with Crippen molar-refractivity contribution in [3.05, 3.63) is 22.9 Å². The van der Waals surface area contributed by atoms with E-state index in [0.29, 0.717) is 0 Å². The normalized spacial score (nSPS) is 30.0. The van der Waals surface area contributed by atoms with Crippen molar-refractivity contribution in [2.24, 2.45) is 0 Å². The molecule has 3 nitrogen and oxygen atoms in total. The third-order valence-electron chi connectivity index (χ3n) is 3.91. The molecule has 0 aliphatic heterocycles. The van der Waals surface area contributed by atoms with Gasteiger partial charge in [0.25, 0.3) is 5.92 Å². The van der Waals surface area contributed by atoms with E-state index in [2.05, 4.69) is 4.98 Å². The summed E-state index contributed by atoms with van der Waals surface area (Å²) in [4.78, 5) is 3.30. The molecule has 0 spiro atoms. The third-order valence-corrected chi connectivity index (χ3v) is 3.91. The first-order chi connectivity index (χ1) is 10.5. The second-order valence-electron chi connectivity index (χ2n) is 5.60. The van der Waals surface area contributed by atoms with Gasteiger partial charge >= 0.3 is 6.18 Å². The molecule has 0 aromatic carbocycles. The molecule has 1 aromatic heterocycles. The molecule has 3 rings (SSSR count). The van der Waals surface area contributed by atoms with Crippen LogP contribution in [0.4, 0.5) is 30.7 Å². The van der Waals surface area contributed by atoms with E-state index in [9.17, 15) is 35.8 Å². The summed E-state index contributed by atoms with van der Waals surface area (Å²) in [7, 11) is 0. The Balaban J connectivity index is 2.00. The molecule has 128 valence electrons. The molecule has 10 heteroatoms. The standard InChI is InChI=1S/C13H10F7NO2/c14-8-7-6(10(22)9(8)15)5(13(18,19)20)3-21-11(7)23-4-1-12(16,17)2-4/h3-4,8-10,22H,1-2H2/t8-,9-,10+/m1/s1. The van der Waals surface area contributed by atoms with Crippen LogP contribution in [0.25, 0.3) is 0 Å². The Bertz CT molecular complexity index is 625. The number of ether oxygens (including phenoxy) is 1. The minimum atomic E-state index is -4.98. The fourth-order valence-corrected chi connectivity index (χ4v) is 2.75. The smallest absolute Gasteiger partial charge is 0.418 e. The summed E-state index contributed by atoms with van der Waals surface area (Å²) in [6, 6.07) is 0. The second-order valence-corrected chi connectivity index (χ2v) is 5.60. The van der Waals surface area contributed by atoms with Crippen LogP contribution in [-0.2, 0) is 6.18 Å². The first-order valence-corrected chi connectivity index (χ1v) is 6.62. The summed E-state index contributed by atoms with van der Waals surface area (Å²) in [6.07, 6.45) is -14.7. The molecule has 0 radical (unpaired) electrons. The Morgan fingerprint density at radius 2 is 1.78 bits per heavy atom. The number of aliphatic hydroxyl groups is 1. The SMILES string of the molecule is O[C@H]1c2c(C(F)(F)F)cnc(OC3CC(F)(F)C3)c2[C@@H](F)[C@H]1F. The van der Waals surface area contributed by atoms with Gasteiger partial charge in [0.1, 0.15) is 12.2 Å². The van der Waals surface area contributed by atoms with Crippen LogP contribution in [0.15, 0.2) is 6.20 Å². The van der Waals surface area contributed by atoms with E-state index in [1.54, 1.807) is 0 Å². The number of nitrogens with zero attached hydrogens (tertiary/aromatic N) is 1. The molecule has 1 N–H and O–H groups in total. The number of aliphatic hydroxyl groups excluding tert-OH is 1. The van der Waals surface area contributed by atoms with Gasteiger partial charge in [0, 0.05) is 24.6 Å². The molecule has 1 fully saturated rings. The van der Waals surface area contributed by atoms with Crippen molar-refractivity contribution in [1.82, 2.24) is 4.98 Å². The van der Waals surface area contributed by atoms with Crippen molar-refractivity contribution in [1.29, 1.82) is 0 Å². The van der Waals surface area contributed by atoms with Crippen LogP contribution >= 0.6 is 0 Å². The first-order valence-electron chi connectivity index (χ1n) is 6.62. The highest BCUT2D eigenvalue weighted by Crippen LogP contribution is 2.52. The summed E-state index contributed by atoms with van der Waals surface area (Å²) in [6.45, 7) is 0. The molecule has 1 heterocycles. The van der Waals surface area contributed by atoms with E-state index in [1.165, 1.54) is 0 Å². The lowest BCUT2D eigenvalue weighted by atomic mass is 9.91. The van der Waals surface area contributed by atoms with Crippen molar-refractivity contribution in [3.8, 4) is 5.88 Å². The minimum Gasteiger partial charge on any atom is -0.474 e. The summed E-state index contributed by atoms with van der Waals surface area (Å²) in [5.41, 5.74) is -3.34. The highest BCUT2D eigenvalue weighted by atomic mass is 19.4. The van der Waals surface area contributed by atoms with Gasteiger partial charge in [-0.1, -0.05) is 0 Å². The zero-order valence-corrected chi connectivity index (χ0v) is 11.2. The zero-order valence-electron chi connectivity index (χ0n) is 11.2. The fraction of sp³-hybridized carbons (Fsp3) is 0.615. The van der Waals surface area contributed by atoms with Crippen molar-refractivity contribution in [2.75, 3.05) is 0 Å². The number of pyridine rings is 1. The summed E-state index contributed by atoms with van der Waals surface area (Å²) >= 11 is 0. The number of rotatable bonds is 2. The molecule has 2 aliphatic carbocycles. The van der Waals surface area contributed by atoms with Gasteiger partial charge < -0.3 is 9.84 Å². The van der Waals surface area contributed by atoms with Gasteiger partial charge in [0.2, 0.25) is 5.88 Å². The number of hydrogen-bond acceptors (Lipinski definition) is 3. The van der Waals surface area contributed by atoms with Crippen molar-refractivity contribution in [3.63, 3.8) is 0 Å². The number of halogens is 7. The second kappa shape index (κ2) is 4.96. The molecule has 0 unspecified atom stereocenters. The lowest BCUT2D eigenvalue weighted by Gasteiger charge is -2.35. The predicted molar refractivity (Wildman–Crippen MR) is 61.5 cm³/mol. The molecular weight excluding hydrogens is 335 g/mol. The van der Waals surface area contributed by atoms with E-state index < -0.39 is 72.1 Å². The van der Waals surface area contributed by atoms with Gasteiger partial charge in [-0.15, -0.1) is 0 Å². The van der Waals surface area contributed by atoms with Crippen molar-refractivity contribution < 1.29 is 40.6 Å². The summed E-state index contributed by atoms with van der Waals surface area (Å²) in [5.74, 6) is -3.66. The van der Waals surface area contributed by atoms with Gasteiger partial charge in [0.15, 0.2) is 12.3 Å². The Labute approximate surface area is 125 Å². The zero-order chi connectivity index (χ0) is 17.2. The molecule has 2 aliphatic rings. The molecule has 0 saturated heterocycles. The third kappa shape index (κ3) is 2.62. The Morgan fingerprint density at radius 3 is 2.30 bits per heavy atom. The average molecular weight is 345 g/mol. The first kappa shape index (κ1) is 16.3. The maximum atomic E-state index is 13.9. The Hall–Kier alpha value is -1.58. The van der Waals surface area contributed by atoms with Crippen LogP contribution < -0.4 is 4.74 Å². The molecule has 0 bridgehead atoms. The average Bonchev–Trinajstić information content (AvgIpc) is 2.61. The number of alkyl halides is 7. The monoisotopic (exact) mass is 345 g/mol. The largest absolute Gasteiger partial charge is 0.474 e. The molecule has 23 heavy (non-hydrogen) atoms. The lowest BCUT2D eigenvalue weighted by molar-refractivity contribution is -0.139. The Morgan fingerprint density at radius 1 is 1.17 bits per heavy atom. The highest BCUT2D eigenvalue weighted by molar-refractivity contribution is 5.49. The highest BCUT2D eigenvalue weighted by Gasteiger charge is 2.51. The Kier molecular flexibility index (Phi) is 3.51. The molecule has 0 amide bonds. The predicted octanol–water partition coefficient (Wildman–Crippen LogP) is 3.67. The van der Waals surface area contributed by atoms with Gasteiger partial charge in [-0.05, 0) is 0 Å². The van der Waals surface area contributed by atoms with Gasteiger partial charge in [0.05, 0.1) is 11.1 Å². The van der Waals surface area contributed by atoms with Crippen molar-refractivity contribution >= 4 is 0 Å². The molecule has 1 saturated carbocycles. The van der Waals surface area contributed by atoms with Gasteiger partial charge in [-0.2, -0.15) is 13.2 Å². The molecular formula is C13H10F7NO2. The van der Waals surface area contributed by atoms with Crippen LogP contribution in [-0.4, -0.2) is 28.3 Å². The molecule has 1 aromatic rings. The van der Waals surface area contributed by atoms with Gasteiger partial charge in [-0.25, -0.2) is 22.5 Å². The maximum Gasteiger partial charge on any atom is 0.418 e. The van der Waals surface area contributed by atoms with Crippen LogP contribution in [0.3, 0.4) is 0 Å². The number of aromatic nitrogens is 1. The van der Waals surface area contributed by atoms with Crippen LogP contribution in [0.2, 0.25) is 0 Å². The number of fused-ring (bicyclic) bond motifs is 1. The van der Waals surface area contributed by atoms with Crippen LogP contribution in [0.5, 0.6) is 5.88 Å². The van der Waals surface area contributed by atoms with E-state index in [1.807, 2.05) is 0 Å². The van der Waals surface area contributed by atoms with Gasteiger partial charge in [-0.3, -0.25) is 0 Å². The van der Waals surface area contributed by atoms with E-state index in [-0.39, 0.29) is 6.20 Å². The van der Waals surface area contributed by atoms with Crippen molar-refractivity contribution in [2.45, 2.75) is 49.5 Å². The molecule has 3 atom stereocenters.